The number of carbonyl (C=O) groups excluding carboxylic acids is 4. The third-order valence-electron chi connectivity index (χ3n) is 9.52. The Balaban J connectivity index is 1.33. The first-order valence-corrected chi connectivity index (χ1v) is 18.4. The SMILES string of the molecule is O=C1COc2ccc(cc2)C[C@@H](C(=O)O)NC(=O)C(CCc2ccccc2)NC(=O)[C@@H](Cc2ccc(-c3ccccc3)cc2)NC(=O)[C@H](Cc2ccncc2)N1. The van der Waals surface area contributed by atoms with Crippen molar-refractivity contribution in [1.29, 1.82) is 0 Å². The number of carbonyl (C=O) groups is 5. The smallest absolute Gasteiger partial charge is 0.326 e. The second-order valence-electron chi connectivity index (χ2n) is 13.6. The molecule has 286 valence electrons. The molecule has 4 aromatic carbocycles. The number of rotatable bonds is 9. The molecule has 0 radical (unpaired) electrons. The van der Waals surface area contributed by atoms with Crippen molar-refractivity contribution in [2.75, 3.05) is 6.61 Å². The van der Waals surface area contributed by atoms with Gasteiger partial charge in [0, 0.05) is 31.7 Å². The fourth-order valence-corrected chi connectivity index (χ4v) is 6.46. The molecule has 2 aliphatic rings. The summed E-state index contributed by atoms with van der Waals surface area (Å²) in [5.41, 5.74) is 4.94. The molecule has 0 fully saturated rings. The van der Waals surface area contributed by atoms with Crippen molar-refractivity contribution in [1.82, 2.24) is 26.3 Å². The van der Waals surface area contributed by atoms with E-state index in [1.165, 1.54) is 0 Å². The standard InChI is InChI=1S/C44H43N5O7/c50-40-28-56-35-18-13-31(14-19-35)27-39(44(54)55)49-41(51)36(20-15-29-7-3-1-4-8-29)47-43(53)38(48-42(52)37(46-40)26-32-21-23-45-24-22-32)25-30-11-16-34(17-12-30)33-9-5-2-6-10-33/h1-14,16-19,21-24,36-39H,15,20,25-28H2,(H,46,50)(H,47,53)(H,48,52)(H,49,51)(H,54,55)/t36?,37-,38+,39-/m0/s1. The zero-order chi connectivity index (χ0) is 39.3. The van der Waals surface area contributed by atoms with Gasteiger partial charge in [0.2, 0.25) is 17.7 Å². The van der Waals surface area contributed by atoms with Gasteiger partial charge in [0.25, 0.3) is 5.91 Å². The summed E-state index contributed by atoms with van der Waals surface area (Å²) in [4.78, 5) is 72.1. The number of carboxylic acid groups (broad SMARTS) is 1. The van der Waals surface area contributed by atoms with Gasteiger partial charge in [-0.15, -0.1) is 0 Å². The summed E-state index contributed by atoms with van der Waals surface area (Å²) in [5, 5.41) is 21.2. The quantitative estimate of drug-likeness (QED) is 0.141. The topological polar surface area (TPSA) is 176 Å². The van der Waals surface area contributed by atoms with E-state index in [0.29, 0.717) is 17.7 Å². The van der Waals surface area contributed by atoms with Gasteiger partial charge < -0.3 is 31.1 Å². The Morgan fingerprint density at radius 1 is 0.607 bits per heavy atom. The van der Waals surface area contributed by atoms with Gasteiger partial charge >= 0.3 is 5.97 Å². The molecule has 12 heteroatoms. The van der Waals surface area contributed by atoms with Crippen molar-refractivity contribution in [3.63, 3.8) is 0 Å². The van der Waals surface area contributed by atoms with Crippen LogP contribution in [-0.4, -0.2) is 70.5 Å². The summed E-state index contributed by atoms with van der Waals surface area (Å²) in [6.45, 7) is -0.409. The molecule has 12 nitrogen and oxygen atoms in total. The van der Waals surface area contributed by atoms with Gasteiger partial charge in [0.1, 0.15) is 29.9 Å². The van der Waals surface area contributed by atoms with Crippen molar-refractivity contribution in [2.24, 2.45) is 0 Å². The number of nitrogens with zero attached hydrogens (tertiary/aromatic N) is 1. The molecule has 56 heavy (non-hydrogen) atoms. The number of pyridine rings is 1. The molecule has 1 aromatic heterocycles. The van der Waals surface area contributed by atoms with E-state index in [4.69, 9.17) is 4.74 Å². The Kier molecular flexibility index (Phi) is 13.2. The van der Waals surface area contributed by atoms with E-state index in [1.54, 1.807) is 48.8 Å². The number of nitrogens with one attached hydrogen (secondary N) is 4. The predicted octanol–water partition coefficient (Wildman–Crippen LogP) is 3.83. The summed E-state index contributed by atoms with van der Waals surface area (Å²) in [7, 11) is 0. The number of aliphatic carboxylic acids is 1. The molecule has 0 aliphatic carbocycles. The Morgan fingerprint density at radius 2 is 1.16 bits per heavy atom. The van der Waals surface area contributed by atoms with Crippen molar-refractivity contribution >= 4 is 29.6 Å². The molecular formula is C44H43N5O7. The number of aryl methyl sites for hydroxylation is 1. The fraction of sp³-hybridized carbons (Fsp3) is 0.227. The zero-order valence-electron chi connectivity index (χ0n) is 30.6. The molecule has 0 spiro atoms. The van der Waals surface area contributed by atoms with Crippen LogP contribution in [0.5, 0.6) is 5.75 Å². The number of carboxylic acids is 1. The van der Waals surface area contributed by atoms with E-state index in [0.717, 1.165) is 27.8 Å². The lowest BCUT2D eigenvalue weighted by Gasteiger charge is -2.26. The molecule has 1 unspecified atom stereocenters. The molecule has 7 rings (SSSR count). The van der Waals surface area contributed by atoms with Crippen molar-refractivity contribution in [3.05, 3.63) is 156 Å². The molecule has 2 aliphatic heterocycles. The minimum Gasteiger partial charge on any atom is -0.484 e. The second kappa shape index (κ2) is 19.0. The lowest BCUT2D eigenvalue weighted by molar-refractivity contribution is -0.142. The van der Waals surface area contributed by atoms with E-state index < -0.39 is 60.4 Å². The largest absolute Gasteiger partial charge is 0.484 e. The first kappa shape index (κ1) is 38.9. The maximum atomic E-state index is 14.3. The third-order valence-corrected chi connectivity index (χ3v) is 9.52. The Bertz CT molecular complexity index is 2100. The maximum absolute atomic E-state index is 14.3. The lowest BCUT2D eigenvalue weighted by atomic mass is 9.98. The highest BCUT2D eigenvalue weighted by Gasteiger charge is 2.32. The van der Waals surface area contributed by atoms with Crippen molar-refractivity contribution < 1.29 is 33.8 Å². The Morgan fingerprint density at radius 3 is 1.80 bits per heavy atom. The summed E-state index contributed by atoms with van der Waals surface area (Å²) < 4.78 is 5.69. The number of hydrogen-bond acceptors (Lipinski definition) is 7. The molecule has 4 amide bonds. The van der Waals surface area contributed by atoms with Crippen LogP contribution in [-0.2, 0) is 49.7 Å². The zero-order valence-corrected chi connectivity index (χ0v) is 30.6. The summed E-state index contributed by atoms with van der Waals surface area (Å²) in [6, 6.07) is 32.0. The maximum Gasteiger partial charge on any atom is 0.326 e. The van der Waals surface area contributed by atoms with E-state index in [9.17, 15) is 29.1 Å². The van der Waals surface area contributed by atoms with Gasteiger partial charge in [0.15, 0.2) is 6.61 Å². The highest BCUT2D eigenvalue weighted by Crippen LogP contribution is 2.20. The van der Waals surface area contributed by atoms with Crippen LogP contribution in [0.3, 0.4) is 0 Å². The fourth-order valence-electron chi connectivity index (χ4n) is 6.46. The van der Waals surface area contributed by atoms with Gasteiger partial charge in [-0.1, -0.05) is 97.1 Å². The van der Waals surface area contributed by atoms with Crippen LogP contribution >= 0.6 is 0 Å². The highest BCUT2D eigenvalue weighted by molar-refractivity contribution is 5.95. The minimum absolute atomic E-state index is 0.0461. The van der Waals surface area contributed by atoms with Crippen LogP contribution in [0.4, 0.5) is 0 Å². The first-order chi connectivity index (χ1) is 27.2. The molecule has 4 atom stereocenters. The van der Waals surface area contributed by atoms with Crippen LogP contribution in [0.2, 0.25) is 0 Å². The van der Waals surface area contributed by atoms with Gasteiger partial charge in [-0.2, -0.15) is 0 Å². The van der Waals surface area contributed by atoms with Crippen LogP contribution in [0.25, 0.3) is 11.1 Å². The second-order valence-corrected chi connectivity index (χ2v) is 13.6. The molecule has 0 saturated heterocycles. The Hall–Kier alpha value is -6.82. The highest BCUT2D eigenvalue weighted by atomic mass is 16.5. The molecule has 5 aromatic rings. The first-order valence-electron chi connectivity index (χ1n) is 18.4. The van der Waals surface area contributed by atoms with Crippen LogP contribution in [0, 0.1) is 0 Å². The van der Waals surface area contributed by atoms with E-state index in [1.807, 2.05) is 84.9 Å². The summed E-state index contributed by atoms with van der Waals surface area (Å²) in [6.07, 6.45) is 3.80. The van der Waals surface area contributed by atoms with Crippen molar-refractivity contribution in [3.8, 4) is 16.9 Å². The van der Waals surface area contributed by atoms with Crippen LogP contribution in [0.15, 0.2) is 134 Å². The van der Waals surface area contributed by atoms with E-state index in [-0.39, 0.29) is 25.7 Å². The van der Waals surface area contributed by atoms with E-state index in [2.05, 4.69) is 26.3 Å². The van der Waals surface area contributed by atoms with Crippen LogP contribution < -0.4 is 26.0 Å². The monoisotopic (exact) mass is 753 g/mol. The number of ether oxygens (including phenoxy) is 1. The van der Waals surface area contributed by atoms with E-state index >= 15 is 0 Å². The predicted molar refractivity (Wildman–Crippen MR) is 209 cm³/mol. The summed E-state index contributed by atoms with van der Waals surface area (Å²) in [5.74, 6) is -3.44. The molecule has 3 heterocycles. The summed E-state index contributed by atoms with van der Waals surface area (Å²) >= 11 is 0. The van der Waals surface area contributed by atoms with Crippen molar-refractivity contribution in [2.45, 2.75) is 56.3 Å². The number of fused-ring (bicyclic) bond motifs is 16. The average molecular weight is 754 g/mol. The van der Waals surface area contributed by atoms with Gasteiger partial charge in [-0.05, 0) is 70.5 Å². The molecule has 0 saturated carbocycles. The normalized spacial score (nSPS) is 19.5. The number of hydrogen-bond donors (Lipinski definition) is 5. The lowest BCUT2D eigenvalue weighted by Crippen LogP contribution is -2.59. The number of benzene rings is 4. The molecule has 2 bridgehead atoms. The number of amides is 4. The molecular weight excluding hydrogens is 711 g/mol. The Labute approximate surface area is 324 Å². The number of aromatic nitrogens is 1. The van der Waals surface area contributed by atoms with Gasteiger partial charge in [-0.25, -0.2) is 4.79 Å². The minimum atomic E-state index is -1.31. The average Bonchev–Trinajstić information content (AvgIpc) is 3.22. The third kappa shape index (κ3) is 11.1. The molecule has 5 N–H and O–H groups in total. The van der Waals surface area contributed by atoms with Gasteiger partial charge in [-0.3, -0.25) is 24.2 Å². The van der Waals surface area contributed by atoms with Gasteiger partial charge in [0.05, 0.1) is 0 Å². The van der Waals surface area contributed by atoms with Crippen LogP contribution in [0.1, 0.15) is 28.7 Å².